The molecule has 39 heavy (non-hydrogen) atoms. The second kappa shape index (κ2) is 12.8. The highest BCUT2D eigenvalue weighted by molar-refractivity contribution is 9.10. The van der Waals surface area contributed by atoms with E-state index in [1.54, 1.807) is 43.3 Å². The minimum absolute atomic E-state index is 0.0881. The van der Waals surface area contributed by atoms with Gasteiger partial charge in [-0.1, -0.05) is 51.8 Å². The Morgan fingerprint density at radius 2 is 1.41 bits per heavy atom. The molecule has 9 heteroatoms. The maximum atomic E-state index is 14.0. The largest absolute Gasteiger partial charge is 0.352 e. The van der Waals surface area contributed by atoms with Crippen LogP contribution >= 0.6 is 15.9 Å². The molecule has 0 saturated heterocycles. The minimum Gasteiger partial charge on any atom is -0.352 e. The topological polar surface area (TPSA) is 86.8 Å². The number of aryl methyl sites for hydroxylation is 3. The molecule has 7 nitrogen and oxygen atoms in total. The van der Waals surface area contributed by atoms with Crippen molar-refractivity contribution in [2.24, 2.45) is 0 Å². The van der Waals surface area contributed by atoms with Crippen LogP contribution in [0.15, 0.2) is 76.1 Å². The van der Waals surface area contributed by atoms with E-state index in [0.29, 0.717) is 5.69 Å². The number of amides is 2. The molecule has 2 amide bonds. The maximum Gasteiger partial charge on any atom is 0.264 e. The Morgan fingerprint density at radius 1 is 0.846 bits per heavy atom. The average molecular weight is 615 g/mol. The number of carbonyl (C=O) groups is 2. The van der Waals surface area contributed by atoms with Crippen LogP contribution in [0.25, 0.3) is 0 Å². The third-order valence-electron chi connectivity index (χ3n) is 6.25. The number of hydrogen-bond donors (Lipinski definition) is 1. The molecule has 0 fully saturated rings. The van der Waals surface area contributed by atoms with Gasteiger partial charge < -0.3 is 10.2 Å². The van der Waals surface area contributed by atoms with E-state index in [1.807, 2.05) is 65.0 Å². The van der Waals surface area contributed by atoms with E-state index >= 15 is 0 Å². The lowest BCUT2D eigenvalue weighted by molar-refractivity contribution is -0.139. The van der Waals surface area contributed by atoms with Gasteiger partial charge in [0.2, 0.25) is 11.8 Å². The van der Waals surface area contributed by atoms with E-state index < -0.39 is 28.5 Å². The second-order valence-corrected chi connectivity index (χ2v) is 12.9. The van der Waals surface area contributed by atoms with Crippen molar-refractivity contribution in [2.75, 3.05) is 10.8 Å². The minimum atomic E-state index is -4.10. The molecule has 0 bridgehead atoms. The normalized spacial score (nSPS) is 12.2. The monoisotopic (exact) mass is 613 g/mol. The molecule has 0 radical (unpaired) electrons. The first-order valence-electron chi connectivity index (χ1n) is 12.8. The van der Waals surface area contributed by atoms with Gasteiger partial charge in [0.25, 0.3) is 10.0 Å². The molecule has 0 saturated carbocycles. The van der Waals surface area contributed by atoms with Crippen LogP contribution in [0.4, 0.5) is 5.69 Å². The van der Waals surface area contributed by atoms with Gasteiger partial charge in [-0.3, -0.25) is 13.9 Å². The molecular formula is C30H36BrN3O4S. The summed E-state index contributed by atoms with van der Waals surface area (Å²) in [5.41, 5.74) is 3.88. The number of nitrogens with zero attached hydrogens (tertiary/aromatic N) is 2. The first-order chi connectivity index (χ1) is 18.3. The lowest BCUT2D eigenvalue weighted by Crippen LogP contribution is -2.52. The van der Waals surface area contributed by atoms with Gasteiger partial charge >= 0.3 is 0 Å². The number of nitrogens with one attached hydrogen (secondary N) is 1. The number of anilines is 1. The first-order valence-corrected chi connectivity index (χ1v) is 15.0. The highest BCUT2D eigenvalue weighted by Gasteiger charge is 2.32. The van der Waals surface area contributed by atoms with Crippen LogP contribution in [0, 0.1) is 20.8 Å². The zero-order chi connectivity index (χ0) is 28.9. The number of carbonyl (C=O) groups excluding carboxylic acids is 2. The Hall–Kier alpha value is -3.17. The van der Waals surface area contributed by atoms with Crippen molar-refractivity contribution < 1.29 is 18.0 Å². The molecule has 1 atom stereocenters. The molecule has 0 aliphatic heterocycles. The summed E-state index contributed by atoms with van der Waals surface area (Å²) < 4.78 is 29.9. The summed E-state index contributed by atoms with van der Waals surface area (Å²) >= 11 is 3.42. The average Bonchev–Trinajstić information content (AvgIpc) is 2.85. The Labute approximate surface area is 240 Å². The van der Waals surface area contributed by atoms with Crippen LogP contribution in [0.5, 0.6) is 0 Å². The van der Waals surface area contributed by atoms with Crippen molar-refractivity contribution in [1.82, 2.24) is 10.2 Å². The number of hydrogen-bond acceptors (Lipinski definition) is 4. The van der Waals surface area contributed by atoms with Gasteiger partial charge in [-0.05, 0) is 94.6 Å². The van der Waals surface area contributed by atoms with Gasteiger partial charge in [-0.25, -0.2) is 8.42 Å². The quantitative estimate of drug-likeness (QED) is 0.326. The SMILES string of the molecule is Cc1ccc(S(=O)(=O)N(CC(=O)N(Cc2ccc(Br)cc2)[C@@H](C)C(=O)NC(C)C)c2cc(C)cc(C)c2)cc1. The van der Waals surface area contributed by atoms with Gasteiger partial charge in [0.1, 0.15) is 12.6 Å². The molecule has 3 aromatic rings. The molecule has 0 spiro atoms. The molecule has 0 aromatic heterocycles. The van der Waals surface area contributed by atoms with Crippen LogP contribution in [0.1, 0.15) is 43.0 Å². The van der Waals surface area contributed by atoms with E-state index in [4.69, 9.17) is 0 Å². The molecular weight excluding hydrogens is 578 g/mol. The third-order valence-corrected chi connectivity index (χ3v) is 8.56. The van der Waals surface area contributed by atoms with Gasteiger partial charge in [0, 0.05) is 17.1 Å². The van der Waals surface area contributed by atoms with E-state index in [9.17, 15) is 18.0 Å². The lowest BCUT2D eigenvalue weighted by Gasteiger charge is -2.32. The summed E-state index contributed by atoms with van der Waals surface area (Å²) in [6.07, 6.45) is 0. The first kappa shape index (κ1) is 30.4. The standard InChI is InChI=1S/C30H36BrN3O4S/c1-20(2)32-30(36)24(6)33(18-25-9-11-26(31)12-10-25)29(35)19-34(27-16-22(4)15-23(5)17-27)39(37,38)28-13-7-21(3)8-14-28/h7-17,20,24H,18-19H2,1-6H3,(H,32,36)/t24-/m0/s1. The summed E-state index contributed by atoms with van der Waals surface area (Å²) in [7, 11) is -4.10. The summed E-state index contributed by atoms with van der Waals surface area (Å²) in [5, 5.41) is 2.86. The predicted octanol–water partition coefficient (Wildman–Crippen LogP) is 5.51. The smallest absolute Gasteiger partial charge is 0.264 e. The lowest BCUT2D eigenvalue weighted by atomic mass is 10.1. The maximum absolute atomic E-state index is 14.0. The molecule has 3 rings (SSSR count). The Kier molecular flexibility index (Phi) is 9.96. The van der Waals surface area contributed by atoms with E-state index in [-0.39, 0.29) is 23.4 Å². The molecule has 0 heterocycles. The van der Waals surface area contributed by atoms with Crippen LogP contribution in [-0.2, 0) is 26.2 Å². The zero-order valence-electron chi connectivity index (χ0n) is 23.2. The highest BCUT2D eigenvalue weighted by atomic mass is 79.9. The summed E-state index contributed by atoms with van der Waals surface area (Å²) in [5.74, 6) is -0.797. The van der Waals surface area contributed by atoms with Crippen molar-refractivity contribution in [3.8, 4) is 0 Å². The van der Waals surface area contributed by atoms with Crippen LogP contribution in [0.3, 0.4) is 0 Å². The van der Waals surface area contributed by atoms with Crippen molar-refractivity contribution >= 4 is 43.5 Å². The Morgan fingerprint density at radius 3 is 1.95 bits per heavy atom. The van der Waals surface area contributed by atoms with Gasteiger partial charge in [0.15, 0.2) is 0 Å². The van der Waals surface area contributed by atoms with Crippen molar-refractivity contribution in [1.29, 1.82) is 0 Å². The molecule has 0 unspecified atom stereocenters. The fourth-order valence-corrected chi connectivity index (χ4v) is 5.90. The zero-order valence-corrected chi connectivity index (χ0v) is 25.6. The molecule has 208 valence electrons. The summed E-state index contributed by atoms with van der Waals surface area (Å²) in [6.45, 7) is 10.7. The van der Waals surface area contributed by atoms with Gasteiger partial charge in [-0.2, -0.15) is 0 Å². The number of halogens is 1. The Balaban J connectivity index is 2.06. The fourth-order valence-electron chi connectivity index (χ4n) is 4.24. The third kappa shape index (κ3) is 7.92. The van der Waals surface area contributed by atoms with Crippen molar-refractivity contribution in [3.63, 3.8) is 0 Å². The number of sulfonamides is 1. The Bertz CT molecular complexity index is 1400. The number of rotatable bonds is 10. The molecule has 1 N–H and O–H groups in total. The highest BCUT2D eigenvalue weighted by Crippen LogP contribution is 2.27. The van der Waals surface area contributed by atoms with E-state index in [0.717, 1.165) is 31.0 Å². The summed E-state index contributed by atoms with van der Waals surface area (Å²) in [6, 6.07) is 18.5. The second-order valence-electron chi connectivity index (χ2n) is 10.2. The van der Waals surface area contributed by atoms with Crippen LogP contribution in [-0.4, -0.2) is 43.8 Å². The fraction of sp³-hybridized carbons (Fsp3) is 0.333. The van der Waals surface area contributed by atoms with Crippen molar-refractivity contribution in [3.05, 3.63) is 93.5 Å². The van der Waals surface area contributed by atoms with E-state index in [2.05, 4.69) is 21.2 Å². The van der Waals surface area contributed by atoms with Crippen LogP contribution in [0.2, 0.25) is 0 Å². The molecule has 3 aromatic carbocycles. The van der Waals surface area contributed by atoms with E-state index in [1.165, 1.54) is 4.90 Å². The summed E-state index contributed by atoms with van der Waals surface area (Å²) in [4.78, 5) is 28.5. The van der Waals surface area contributed by atoms with Gasteiger partial charge in [-0.15, -0.1) is 0 Å². The molecule has 0 aliphatic rings. The van der Waals surface area contributed by atoms with Gasteiger partial charge in [0.05, 0.1) is 10.6 Å². The van der Waals surface area contributed by atoms with Crippen molar-refractivity contribution in [2.45, 2.75) is 65.1 Å². The predicted molar refractivity (Wildman–Crippen MR) is 159 cm³/mol. The molecule has 0 aliphatic carbocycles. The number of benzene rings is 3. The van der Waals surface area contributed by atoms with Crippen LogP contribution < -0.4 is 9.62 Å².